The van der Waals surface area contributed by atoms with Gasteiger partial charge in [0.2, 0.25) is 0 Å². The number of carbonyl (C=O) groups excluding carboxylic acids is 1. The number of rotatable bonds is 8. The summed E-state index contributed by atoms with van der Waals surface area (Å²) in [6, 6.07) is 0.0759. The lowest BCUT2D eigenvalue weighted by Crippen LogP contribution is -2.38. The summed E-state index contributed by atoms with van der Waals surface area (Å²) in [6.07, 6.45) is 0.370. The molecule has 0 bridgehead atoms. The Kier molecular flexibility index (Phi) is 8.27. The maximum absolute atomic E-state index is 10.9. The molecule has 0 aliphatic carbocycles. The Morgan fingerprint density at radius 2 is 2.00 bits per heavy atom. The first kappa shape index (κ1) is 14.3. The van der Waals surface area contributed by atoms with Gasteiger partial charge in [0.05, 0.1) is 26.2 Å². The van der Waals surface area contributed by atoms with E-state index >= 15 is 0 Å². The Morgan fingerprint density at radius 1 is 1.33 bits per heavy atom. The summed E-state index contributed by atoms with van der Waals surface area (Å²) in [6.45, 7) is 3.12. The number of carbonyl (C=O) groups is 1. The van der Waals surface area contributed by atoms with Crippen LogP contribution in [-0.2, 0) is 19.0 Å². The number of ether oxygens (including phenoxy) is 3. The number of esters is 1. The predicted octanol–water partition coefficient (Wildman–Crippen LogP) is 0.189. The third-order valence-electron chi connectivity index (χ3n) is 2.08. The summed E-state index contributed by atoms with van der Waals surface area (Å²) in [5.74, 6) is -0.212. The van der Waals surface area contributed by atoms with Crippen LogP contribution in [-0.4, -0.2) is 52.6 Å². The van der Waals surface area contributed by atoms with Gasteiger partial charge in [-0.15, -0.1) is 0 Å². The van der Waals surface area contributed by atoms with Crippen molar-refractivity contribution in [3.05, 3.63) is 0 Å². The van der Waals surface area contributed by atoms with Crippen molar-refractivity contribution in [2.45, 2.75) is 25.5 Å². The van der Waals surface area contributed by atoms with E-state index in [0.717, 1.165) is 0 Å². The van der Waals surface area contributed by atoms with Crippen LogP contribution in [0.25, 0.3) is 0 Å². The summed E-state index contributed by atoms with van der Waals surface area (Å²) in [7, 11) is 4.65. The van der Waals surface area contributed by atoms with Crippen LogP contribution < -0.4 is 5.32 Å². The van der Waals surface area contributed by atoms with Crippen LogP contribution in [0.3, 0.4) is 0 Å². The van der Waals surface area contributed by atoms with Crippen molar-refractivity contribution in [2.24, 2.45) is 0 Å². The normalized spacial score (nSPS) is 14.7. The van der Waals surface area contributed by atoms with Crippen LogP contribution in [0.15, 0.2) is 0 Å². The molecule has 2 unspecified atom stereocenters. The van der Waals surface area contributed by atoms with Gasteiger partial charge in [-0.2, -0.15) is 0 Å². The van der Waals surface area contributed by atoms with Gasteiger partial charge in [-0.3, -0.25) is 4.79 Å². The molecule has 0 spiro atoms. The average Bonchev–Trinajstić information content (AvgIpc) is 2.23. The fraction of sp³-hybridized carbons (Fsp3) is 0.900. The quantitative estimate of drug-likeness (QED) is 0.591. The van der Waals surface area contributed by atoms with Gasteiger partial charge >= 0.3 is 5.97 Å². The number of nitrogens with one attached hydrogen (secondary N) is 1. The molecule has 0 aliphatic rings. The van der Waals surface area contributed by atoms with Crippen molar-refractivity contribution in [1.29, 1.82) is 0 Å². The molecule has 0 saturated heterocycles. The summed E-state index contributed by atoms with van der Waals surface area (Å²) < 4.78 is 14.7. The Hall–Kier alpha value is -0.650. The van der Waals surface area contributed by atoms with Crippen molar-refractivity contribution < 1.29 is 19.0 Å². The largest absolute Gasteiger partial charge is 0.469 e. The summed E-state index contributed by atoms with van der Waals surface area (Å²) in [5.41, 5.74) is 0. The van der Waals surface area contributed by atoms with E-state index in [1.165, 1.54) is 7.11 Å². The zero-order chi connectivity index (χ0) is 11.7. The molecule has 90 valence electrons. The summed E-state index contributed by atoms with van der Waals surface area (Å²) >= 11 is 0. The second kappa shape index (κ2) is 8.64. The first-order valence-electron chi connectivity index (χ1n) is 4.96. The van der Waals surface area contributed by atoms with Crippen LogP contribution in [0.5, 0.6) is 0 Å². The Balaban J connectivity index is 3.67. The third-order valence-corrected chi connectivity index (χ3v) is 2.08. The van der Waals surface area contributed by atoms with Gasteiger partial charge in [-0.25, -0.2) is 0 Å². The van der Waals surface area contributed by atoms with Gasteiger partial charge in [0, 0.05) is 26.8 Å². The standard InChI is InChI=1S/C10H21NO4/c1-8(5-10(12)15-4)11-6-9(14-3)7-13-2/h8-9,11H,5-7H2,1-4H3. The molecule has 0 heterocycles. The third kappa shape index (κ3) is 7.30. The van der Waals surface area contributed by atoms with E-state index in [0.29, 0.717) is 19.6 Å². The minimum atomic E-state index is -0.212. The maximum atomic E-state index is 10.9. The number of hydrogen-bond acceptors (Lipinski definition) is 5. The predicted molar refractivity (Wildman–Crippen MR) is 56.8 cm³/mol. The lowest BCUT2D eigenvalue weighted by atomic mass is 10.2. The minimum Gasteiger partial charge on any atom is -0.469 e. The molecule has 0 aliphatic heterocycles. The molecule has 1 N–H and O–H groups in total. The zero-order valence-corrected chi connectivity index (χ0v) is 9.91. The molecule has 15 heavy (non-hydrogen) atoms. The monoisotopic (exact) mass is 219 g/mol. The first-order valence-corrected chi connectivity index (χ1v) is 4.96. The maximum Gasteiger partial charge on any atom is 0.307 e. The fourth-order valence-electron chi connectivity index (χ4n) is 1.13. The van der Waals surface area contributed by atoms with Crippen molar-refractivity contribution in [3.63, 3.8) is 0 Å². The van der Waals surface area contributed by atoms with Gasteiger partial charge in [0.25, 0.3) is 0 Å². The van der Waals surface area contributed by atoms with Gasteiger partial charge < -0.3 is 19.5 Å². The van der Waals surface area contributed by atoms with Crippen molar-refractivity contribution in [1.82, 2.24) is 5.32 Å². The van der Waals surface area contributed by atoms with E-state index in [4.69, 9.17) is 9.47 Å². The summed E-state index contributed by atoms with van der Waals surface area (Å²) in [5, 5.41) is 3.18. The Morgan fingerprint density at radius 3 is 2.47 bits per heavy atom. The fourth-order valence-corrected chi connectivity index (χ4v) is 1.13. The van der Waals surface area contributed by atoms with E-state index < -0.39 is 0 Å². The van der Waals surface area contributed by atoms with Crippen molar-refractivity contribution in [2.75, 3.05) is 34.5 Å². The second-order valence-electron chi connectivity index (χ2n) is 3.40. The molecule has 0 aromatic carbocycles. The van der Waals surface area contributed by atoms with Gasteiger partial charge in [-0.1, -0.05) is 0 Å². The topological polar surface area (TPSA) is 56.8 Å². The van der Waals surface area contributed by atoms with E-state index in [-0.39, 0.29) is 18.1 Å². The SMILES string of the molecule is COCC(CNC(C)CC(=O)OC)OC. The van der Waals surface area contributed by atoms with E-state index in [2.05, 4.69) is 10.1 Å². The second-order valence-corrected chi connectivity index (χ2v) is 3.40. The van der Waals surface area contributed by atoms with Crippen LogP contribution >= 0.6 is 0 Å². The Labute approximate surface area is 91.1 Å². The van der Waals surface area contributed by atoms with Crippen LogP contribution in [0.1, 0.15) is 13.3 Å². The number of hydrogen-bond donors (Lipinski definition) is 1. The molecule has 0 aromatic heterocycles. The molecule has 0 rings (SSSR count). The van der Waals surface area contributed by atoms with Crippen molar-refractivity contribution in [3.8, 4) is 0 Å². The number of methoxy groups -OCH3 is 3. The van der Waals surface area contributed by atoms with Crippen LogP contribution in [0.2, 0.25) is 0 Å². The van der Waals surface area contributed by atoms with Gasteiger partial charge in [0.1, 0.15) is 0 Å². The van der Waals surface area contributed by atoms with Gasteiger partial charge in [0.15, 0.2) is 0 Å². The molecule has 0 radical (unpaired) electrons. The highest BCUT2D eigenvalue weighted by Crippen LogP contribution is 1.95. The summed E-state index contributed by atoms with van der Waals surface area (Å²) in [4.78, 5) is 10.9. The lowest BCUT2D eigenvalue weighted by molar-refractivity contribution is -0.141. The minimum absolute atomic E-state index is 0.00935. The molecule has 5 heteroatoms. The highest BCUT2D eigenvalue weighted by Gasteiger charge is 2.11. The molecule has 0 fully saturated rings. The molecule has 5 nitrogen and oxygen atoms in total. The molecule has 0 saturated carbocycles. The average molecular weight is 219 g/mol. The zero-order valence-electron chi connectivity index (χ0n) is 9.91. The molecule has 0 aromatic rings. The van der Waals surface area contributed by atoms with Crippen LogP contribution in [0.4, 0.5) is 0 Å². The highest BCUT2D eigenvalue weighted by molar-refractivity contribution is 5.69. The molecule has 2 atom stereocenters. The molecular formula is C10H21NO4. The van der Waals surface area contributed by atoms with Gasteiger partial charge in [-0.05, 0) is 6.92 Å². The smallest absolute Gasteiger partial charge is 0.307 e. The van der Waals surface area contributed by atoms with E-state index in [1.54, 1.807) is 14.2 Å². The van der Waals surface area contributed by atoms with E-state index in [9.17, 15) is 4.79 Å². The molecule has 0 amide bonds. The first-order chi connectivity index (χ1) is 7.13. The van der Waals surface area contributed by atoms with Crippen molar-refractivity contribution >= 4 is 5.97 Å². The van der Waals surface area contributed by atoms with E-state index in [1.807, 2.05) is 6.92 Å². The molecular weight excluding hydrogens is 198 g/mol. The van der Waals surface area contributed by atoms with Crippen LogP contribution in [0, 0.1) is 0 Å². The Bertz CT molecular complexity index is 175. The lowest BCUT2D eigenvalue weighted by Gasteiger charge is -2.18. The highest BCUT2D eigenvalue weighted by atomic mass is 16.5.